The van der Waals surface area contributed by atoms with Gasteiger partial charge in [-0.1, -0.05) is 30.7 Å². The highest BCUT2D eigenvalue weighted by atomic mass is 15.1. The first kappa shape index (κ1) is 17.8. The number of rotatable bonds is 4. The van der Waals surface area contributed by atoms with Crippen LogP contribution in [-0.4, -0.2) is 39.5 Å². The Morgan fingerprint density at radius 3 is 2.55 bits per heavy atom. The molecule has 0 radical (unpaired) electrons. The van der Waals surface area contributed by atoms with Crippen molar-refractivity contribution in [3.05, 3.63) is 60.0 Å². The predicted molar refractivity (Wildman–Crippen MR) is 116 cm³/mol. The van der Waals surface area contributed by atoms with Gasteiger partial charge in [0.1, 0.15) is 17.4 Å². The van der Waals surface area contributed by atoms with E-state index >= 15 is 0 Å². The second kappa shape index (κ2) is 7.65. The van der Waals surface area contributed by atoms with E-state index < -0.39 is 0 Å². The minimum atomic E-state index is 0.418. The van der Waals surface area contributed by atoms with E-state index in [0.717, 1.165) is 46.0 Å². The van der Waals surface area contributed by atoms with Gasteiger partial charge in [0.25, 0.3) is 0 Å². The average molecular weight is 381 g/mol. The highest BCUT2D eigenvalue weighted by Crippen LogP contribution is 2.29. The van der Waals surface area contributed by atoms with Gasteiger partial charge in [-0.2, -0.15) is 5.26 Å². The van der Waals surface area contributed by atoms with E-state index in [4.69, 9.17) is 5.26 Å². The maximum absolute atomic E-state index is 9.15. The molecule has 0 unspecified atom stereocenters. The molecule has 0 spiro atoms. The third-order valence-electron chi connectivity index (χ3n) is 5.90. The van der Waals surface area contributed by atoms with Crippen LogP contribution in [0.4, 0.5) is 0 Å². The fourth-order valence-corrected chi connectivity index (χ4v) is 4.23. The van der Waals surface area contributed by atoms with Crippen molar-refractivity contribution in [2.45, 2.75) is 25.7 Å². The number of pyridine rings is 2. The Bertz CT molecular complexity index is 1190. The molecule has 4 heterocycles. The first-order valence-corrected chi connectivity index (χ1v) is 10.3. The maximum atomic E-state index is 9.15. The molecule has 1 fully saturated rings. The molecule has 1 N–H and O–H groups in total. The Hall–Kier alpha value is -3.23. The smallest absolute Gasteiger partial charge is 0.141 e. The number of hydrogen-bond acceptors (Lipinski definition) is 4. The molecule has 5 heteroatoms. The van der Waals surface area contributed by atoms with Gasteiger partial charge in [-0.05, 0) is 55.6 Å². The number of aromatic amines is 1. The highest BCUT2D eigenvalue weighted by Gasteiger charge is 2.11. The van der Waals surface area contributed by atoms with Gasteiger partial charge in [-0.25, -0.2) is 9.97 Å². The number of nitrogens with one attached hydrogen (secondary N) is 1. The number of nitrogens with zero attached hydrogens (tertiary/aromatic N) is 4. The molecule has 1 saturated heterocycles. The summed E-state index contributed by atoms with van der Waals surface area (Å²) in [6.07, 6.45) is 8.77. The Morgan fingerprint density at radius 2 is 1.76 bits per heavy atom. The summed E-state index contributed by atoms with van der Waals surface area (Å²) in [6, 6.07) is 14.9. The van der Waals surface area contributed by atoms with Gasteiger partial charge in [0.05, 0.1) is 11.7 Å². The van der Waals surface area contributed by atoms with Gasteiger partial charge in [0.2, 0.25) is 0 Å². The standard InChI is InChI=1S/C24H23N5/c25-14-20-13-21-22-12-19(15-27-24(22)28-23(21)16-26-20)18-6-4-17(5-7-18)8-11-29-9-2-1-3-10-29/h4-7,12-13,15-16H,1-3,8-11H2,(H,27,28). The fourth-order valence-electron chi connectivity index (χ4n) is 4.23. The van der Waals surface area contributed by atoms with E-state index in [-0.39, 0.29) is 0 Å². The number of likely N-dealkylation sites (tertiary alicyclic amines) is 1. The van der Waals surface area contributed by atoms with Crippen LogP contribution in [0.15, 0.2) is 48.8 Å². The monoisotopic (exact) mass is 381 g/mol. The van der Waals surface area contributed by atoms with Crippen molar-refractivity contribution in [1.29, 1.82) is 5.26 Å². The molecule has 0 atom stereocenters. The van der Waals surface area contributed by atoms with Gasteiger partial charge in [0.15, 0.2) is 0 Å². The Kier molecular flexibility index (Phi) is 4.71. The first-order valence-electron chi connectivity index (χ1n) is 10.3. The van der Waals surface area contributed by atoms with Crippen molar-refractivity contribution in [2.24, 2.45) is 0 Å². The first-order chi connectivity index (χ1) is 14.3. The number of piperidine rings is 1. The number of H-pyrrole nitrogens is 1. The zero-order valence-electron chi connectivity index (χ0n) is 16.4. The van der Waals surface area contributed by atoms with E-state index in [9.17, 15) is 0 Å². The van der Waals surface area contributed by atoms with Crippen molar-refractivity contribution in [3.63, 3.8) is 0 Å². The van der Waals surface area contributed by atoms with Gasteiger partial charge in [-0.3, -0.25) is 0 Å². The van der Waals surface area contributed by atoms with Crippen molar-refractivity contribution in [3.8, 4) is 17.2 Å². The molecular formula is C24H23N5. The zero-order valence-corrected chi connectivity index (χ0v) is 16.4. The van der Waals surface area contributed by atoms with Crippen LogP contribution in [0.25, 0.3) is 33.1 Å². The molecule has 0 saturated carbocycles. The van der Waals surface area contributed by atoms with Crippen LogP contribution in [-0.2, 0) is 6.42 Å². The van der Waals surface area contributed by atoms with E-state index in [1.807, 2.05) is 12.3 Å². The number of aromatic nitrogens is 3. The van der Waals surface area contributed by atoms with Crippen LogP contribution in [0.1, 0.15) is 30.5 Å². The lowest BCUT2D eigenvalue weighted by atomic mass is 10.0. The lowest BCUT2D eigenvalue weighted by molar-refractivity contribution is 0.231. The van der Waals surface area contributed by atoms with Crippen LogP contribution >= 0.6 is 0 Å². The van der Waals surface area contributed by atoms with Crippen LogP contribution in [0.3, 0.4) is 0 Å². The summed E-state index contributed by atoms with van der Waals surface area (Å²) in [6.45, 7) is 3.65. The van der Waals surface area contributed by atoms with Gasteiger partial charge < -0.3 is 9.88 Å². The molecule has 144 valence electrons. The SMILES string of the molecule is N#Cc1cc2c(cn1)[nH]c1ncc(-c3ccc(CCN4CCCCC4)cc3)cc12. The molecule has 0 bridgehead atoms. The number of nitriles is 1. The lowest BCUT2D eigenvalue weighted by Crippen LogP contribution is -2.31. The van der Waals surface area contributed by atoms with Crippen LogP contribution in [0, 0.1) is 11.3 Å². The minimum absolute atomic E-state index is 0.418. The molecule has 1 aliphatic rings. The molecule has 1 aliphatic heterocycles. The second-order valence-corrected chi connectivity index (χ2v) is 7.82. The van der Waals surface area contributed by atoms with E-state index in [1.54, 1.807) is 6.20 Å². The molecule has 0 aliphatic carbocycles. The third kappa shape index (κ3) is 3.59. The second-order valence-electron chi connectivity index (χ2n) is 7.82. The zero-order chi connectivity index (χ0) is 19.6. The van der Waals surface area contributed by atoms with E-state index in [1.165, 1.54) is 37.9 Å². The number of benzene rings is 1. The summed E-state index contributed by atoms with van der Waals surface area (Å²) in [7, 11) is 0. The topological polar surface area (TPSA) is 68.6 Å². The molecule has 29 heavy (non-hydrogen) atoms. The Morgan fingerprint density at radius 1 is 0.931 bits per heavy atom. The maximum Gasteiger partial charge on any atom is 0.141 e. The predicted octanol–water partition coefficient (Wildman–Crippen LogP) is 4.68. The van der Waals surface area contributed by atoms with Crippen LogP contribution in [0.2, 0.25) is 0 Å². The summed E-state index contributed by atoms with van der Waals surface area (Å²) in [5.74, 6) is 0. The largest absolute Gasteiger partial charge is 0.338 e. The summed E-state index contributed by atoms with van der Waals surface area (Å²) in [5.41, 5.74) is 5.75. The van der Waals surface area contributed by atoms with Gasteiger partial charge >= 0.3 is 0 Å². The molecule has 0 amide bonds. The molecule has 5 rings (SSSR count). The van der Waals surface area contributed by atoms with Crippen molar-refractivity contribution in [2.75, 3.05) is 19.6 Å². The summed E-state index contributed by atoms with van der Waals surface area (Å²) in [4.78, 5) is 14.6. The number of fused-ring (bicyclic) bond motifs is 3. The molecule has 5 nitrogen and oxygen atoms in total. The van der Waals surface area contributed by atoms with Gasteiger partial charge in [-0.15, -0.1) is 0 Å². The highest BCUT2D eigenvalue weighted by molar-refractivity contribution is 6.06. The Labute approximate surface area is 170 Å². The molecular weight excluding hydrogens is 358 g/mol. The average Bonchev–Trinajstić information content (AvgIpc) is 3.16. The van der Waals surface area contributed by atoms with Crippen molar-refractivity contribution < 1.29 is 0 Å². The summed E-state index contributed by atoms with van der Waals surface area (Å²) in [5, 5.41) is 11.2. The Balaban J connectivity index is 1.39. The fraction of sp³-hybridized carbons (Fsp3) is 0.292. The minimum Gasteiger partial charge on any atom is -0.338 e. The summed E-state index contributed by atoms with van der Waals surface area (Å²) < 4.78 is 0. The van der Waals surface area contributed by atoms with Gasteiger partial charge in [0, 0.05) is 29.1 Å². The van der Waals surface area contributed by atoms with Crippen LogP contribution in [0.5, 0.6) is 0 Å². The van der Waals surface area contributed by atoms with Crippen molar-refractivity contribution >= 4 is 21.9 Å². The van der Waals surface area contributed by atoms with Crippen molar-refractivity contribution in [1.82, 2.24) is 19.9 Å². The molecule has 3 aromatic heterocycles. The molecule has 4 aromatic rings. The van der Waals surface area contributed by atoms with E-state index in [2.05, 4.69) is 56.3 Å². The van der Waals surface area contributed by atoms with Crippen LogP contribution < -0.4 is 0 Å². The number of hydrogen-bond donors (Lipinski definition) is 1. The lowest BCUT2D eigenvalue weighted by Gasteiger charge is -2.26. The quantitative estimate of drug-likeness (QED) is 0.557. The molecule has 1 aromatic carbocycles. The van der Waals surface area contributed by atoms with E-state index in [0.29, 0.717) is 5.69 Å². The normalized spacial score (nSPS) is 15.0. The third-order valence-corrected chi connectivity index (χ3v) is 5.90. The summed E-state index contributed by atoms with van der Waals surface area (Å²) >= 11 is 0.